The van der Waals surface area contributed by atoms with E-state index in [9.17, 15) is 13.2 Å². The molecule has 0 unspecified atom stereocenters. The third-order valence-electron chi connectivity index (χ3n) is 3.71. The van der Waals surface area contributed by atoms with E-state index in [1.807, 2.05) is 13.8 Å². The van der Waals surface area contributed by atoms with Crippen molar-refractivity contribution >= 4 is 48.9 Å². The Bertz CT molecular complexity index is 1080. The predicted molar refractivity (Wildman–Crippen MR) is 104 cm³/mol. The van der Waals surface area contributed by atoms with Crippen LogP contribution in [0.1, 0.15) is 25.5 Å². The monoisotopic (exact) mass is 396 g/mol. The van der Waals surface area contributed by atoms with Crippen molar-refractivity contribution in [3.63, 3.8) is 0 Å². The van der Waals surface area contributed by atoms with Gasteiger partial charge >= 0.3 is 4.87 Å². The molecule has 8 heteroatoms. The third kappa shape index (κ3) is 3.89. The van der Waals surface area contributed by atoms with Crippen molar-refractivity contribution in [2.75, 3.05) is 4.72 Å². The predicted octanol–water partition coefficient (Wildman–Crippen LogP) is 4.24. The van der Waals surface area contributed by atoms with Crippen LogP contribution in [0.4, 0.5) is 5.69 Å². The van der Waals surface area contributed by atoms with Gasteiger partial charge in [-0.15, -0.1) is 0 Å². The molecule has 3 aromatic rings. The molecule has 5 nitrogen and oxygen atoms in total. The van der Waals surface area contributed by atoms with Crippen molar-refractivity contribution in [3.05, 3.63) is 62.7 Å². The van der Waals surface area contributed by atoms with E-state index < -0.39 is 10.0 Å². The third-order valence-corrected chi connectivity index (χ3v) is 6.23. The number of fused-ring (bicyclic) bond motifs is 1. The molecule has 0 radical (unpaired) electrons. The molecule has 0 aliphatic heterocycles. The Balaban J connectivity index is 1.90. The molecular weight excluding hydrogens is 380 g/mol. The number of nitrogens with zero attached hydrogens (tertiary/aromatic N) is 1. The van der Waals surface area contributed by atoms with Crippen LogP contribution in [0.15, 0.2) is 47.3 Å². The number of hydrogen-bond acceptors (Lipinski definition) is 4. The molecular formula is C17H17ClN2O3S2. The lowest BCUT2D eigenvalue weighted by atomic mass is 10.2. The summed E-state index contributed by atoms with van der Waals surface area (Å²) >= 11 is 7.14. The fourth-order valence-corrected chi connectivity index (χ4v) is 5.18. The van der Waals surface area contributed by atoms with Crippen LogP contribution in [0.25, 0.3) is 10.2 Å². The average molecular weight is 397 g/mol. The molecule has 132 valence electrons. The minimum absolute atomic E-state index is 0.0454. The van der Waals surface area contributed by atoms with Gasteiger partial charge in [-0.1, -0.05) is 41.1 Å². The van der Waals surface area contributed by atoms with Gasteiger partial charge in [0.15, 0.2) is 0 Å². The molecule has 0 saturated carbocycles. The van der Waals surface area contributed by atoms with Gasteiger partial charge in [0.1, 0.15) is 0 Å². The lowest BCUT2D eigenvalue weighted by molar-refractivity contribution is 0.600. The van der Waals surface area contributed by atoms with Gasteiger partial charge in [0.2, 0.25) is 10.0 Å². The summed E-state index contributed by atoms with van der Waals surface area (Å²) in [5.41, 5.74) is 1.77. The number of aromatic nitrogens is 1. The van der Waals surface area contributed by atoms with Crippen LogP contribution in [0.5, 0.6) is 0 Å². The highest BCUT2D eigenvalue weighted by Crippen LogP contribution is 2.25. The van der Waals surface area contributed by atoms with E-state index in [-0.39, 0.29) is 16.7 Å². The molecule has 0 atom stereocenters. The lowest BCUT2D eigenvalue weighted by Crippen LogP contribution is -2.15. The summed E-state index contributed by atoms with van der Waals surface area (Å²) in [4.78, 5) is 12.0. The summed E-state index contributed by atoms with van der Waals surface area (Å²) in [5.74, 6) is -0.214. The first-order chi connectivity index (χ1) is 11.8. The second-order valence-electron chi connectivity index (χ2n) is 5.97. The van der Waals surface area contributed by atoms with E-state index in [2.05, 4.69) is 4.72 Å². The highest BCUT2D eigenvalue weighted by Gasteiger charge is 2.16. The van der Waals surface area contributed by atoms with Crippen LogP contribution in [0.2, 0.25) is 5.02 Å². The summed E-state index contributed by atoms with van der Waals surface area (Å²) in [6.45, 7) is 3.88. The fourth-order valence-electron chi connectivity index (χ4n) is 2.62. The normalized spacial score (nSPS) is 12.0. The summed E-state index contributed by atoms with van der Waals surface area (Å²) in [5, 5.41) is 0.413. The molecule has 0 bridgehead atoms. The van der Waals surface area contributed by atoms with Crippen molar-refractivity contribution < 1.29 is 8.42 Å². The molecule has 0 amide bonds. The minimum Gasteiger partial charge on any atom is -0.296 e. The largest absolute Gasteiger partial charge is 0.308 e. The Morgan fingerprint density at radius 3 is 2.60 bits per heavy atom. The number of thiazole rings is 1. The van der Waals surface area contributed by atoms with Gasteiger partial charge in [-0.2, -0.15) is 0 Å². The molecule has 1 aromatic heterocycles. The Labute approximate surface area is 154 Å². The summed E-state index contributed by atoms with van der Waals surface area (Å²) < 4.78 is 29.8. The van der Waals surface area contributed by atoms with Gasteiger partial charge in [-0.05, 0) is 43.7 Å². The van der Waals surface area contributed by atoms with E-state index in [1.165, 1.54) is 0 Å². The van der Waals surface area contributed by atoms with Crippen LogP contribution < -0.4 is 9.60 Å². The van der Waals surface area contributed by atoms with Crippen LogP contribution in [0.3, 0.4) is 0 Å². The number of nitrogens with one attached hydrogen (secondary N) is 1. The quantitative estimate of drug-likeness (QED) is 0.701. The summed E-state index contributed by atoms with van der Waals surface area (Å²) in [7, 11) is -3.61. The first-order valence-electron chi connectivity index (χ1n) is 7.66. The topological polar surface area (TPSA) is 68.2 Å². The molecule has 1 heterocycles. The second kappa shape index (κ2) is 6.82. The molecule has 0 saturated heterocycles. The molecule has 0 spiro atoms. The average Bonchev–Trinajstić information content (AvgIpc) is 2.84. The molecule has 0 aliphatic carbocycles. The molecule has 2 aromatic carbocycles. The highest BCUT2D eigenvalue weighted by atomic mass is 35.5. The zero-order valence-electron chi connectivity index (χ0n) is 13.7. The Hall–Kier alpha value is -1.83. The first-order valence-corrected chi connectivity index (χ1v) is 10.5. The van der Waals surface area contributed by atoms with Crippen molar-refractivity contribution in [1.29, 1.82) is 0 Å². The van der Waals surface area contributed by atoms with Crippen molar-refractivity contribution in [1.82, 2.24) is 4.57 Å². The SMILES string of the molecule is CC(C)n1c(=O)sc2cc(NS(=O)(=O)Cc3ccccc3Cl)ccc21. The number of anilines is 1. The number of hydrogen-bond donors (Lipinski definition) is 1. The number of sulfonamides is 1. The Morgan fingerprint density at radius 1 is 1.20 bits per heavy atom. The van der Waals surface area contributed by atoms with E-state index in [0.717, 1.165) is 21.6 Å². The molecule has 25 heavy (non-hydrogen) atoms. The fraction of sp³-hybridized carbons (Fsp3) is 0.235. The summed E-state index contributed by atoms with van der Waals surface area (Å²) in [6.07, 6.45) is 0. The Kier molecular flexibility index (Phi) is 4.90. The zero-order chi connectivity index (χ0) is 18.2. The van der Waals surface area contributed by atoms with Crippen molar-refractivity contribution in [3.8, 4) is 0 Å². The maximum atomic E-state index is 12.4. The maximum Gasteiger partial charge on any atom is 0.308 e. The van der Waals surface area contributed by atoms with Gasteiger partial charge in [0, 0.05) is 11.1 Å². The van der Waals surface area contributed by atoms with Crippen molar-refractivity contribution in [2.45, 2.75) is 25.6 Å². The van der Waals surface area contributed by atoms with E-state index in [1.54, 1.807) is 47.0 Å². The molecule has 0 aliphatic rings. The molecule has 0 fully saturated rings. The van der Waals surface area contributed by atoms with Crippen LogP contribution in [0, 0.1) is 0 Å². The van der Waals surface area contributed by atoms with Gasteiger partial charge < -0.3 is 0 Å². The van der Waals surface area contributed by atoms with E-state index in [4.69, 9.17) is 11.6 Å². The molecule has 1 N–H and O–H groups in total. The standard InChI is InChI=1S/C17H17ClN2O3S2/c1-11(2)20-15-8-7-13(9-16(15)24-17(20)21)19-25(22,23)10-12-5-3-4-6-14(12)18/h3-9,11,19H,10H2,1-2H3. The van der Waals surface area contributed by atoms with Gasteiger partial charge in [0.05, 0.1) is 21.7 Å². The smallest absolute Gasteiger partial charge is 0.296 e. The van der Waals surface area contributed by atoms with Gasteiger partial charge in [-0.3, -0.25) is 14.1 Å². The number of benzene rings is 2. The second-order valence-corrected chi connectivity index (χ2v) is 9.09. The lowest BCUT2D eigenvalue weighted by Gasteiger charge is -2.10. The summed E-state index contributed by atoms with van der Waals surface area (Å²) in [6, 6.07) is 12.0. The van der Waals surface area contributed by atoms with Crippen LogP contribution in [-0.4, -0.2) is 13.0 Å². The Morgan fingerprint density at radius 2 is 1.92 bits per heavy atom. The number of halogens is 1. The van der Waals surface area contributed by atoms with E-state index >= 15 is 0 Å². The van der Waals surface area contributed by atoms with Crippen LogP contribution in [-0.2, 0) is 15.8 Å². The molecule has 3 rings (SSSR count). The number of rotatable bonds is 5. The van der Waals surface area contributed by atoms with Crippen LogP contribution >= 0.6 is 22.9 Å². The first kappa shape index (κ1) is 18.0. The van der Waals surface area contributed by atoms with Gasteiger partial charge in [-0.25, -0.2) is 8.42 Å². The van der Waals surface area contributed by atoms with Crippen molar-refractivity contribution in [2.24, 2.45) is 0 Å². The maximum absolute atomic E-state index is 12.4. The van der Waals surface area contributed by atoms with E-state index in [0.29, 0.717) is 16.3 Å². The highest BCUT2D eigenvalue weighted by molar-refractivity contribution is 7.91. The van der Waals surface area contributed by atoms with Gasteiger partial charge in [0.25, 0.3) is 0 Å². The minimum atomic E-state index is -3.61. The zero-order valence-corrected chi connectivity index (χ0v) is 16.1.